The summed E-state index contributed by atoms with van der Waals surface area (Å²) in [5.74, 6) is 0. The third kappa shape index (κ3) is 6.25. The van der Waals surface area contributed by atoms with Crippen LogP contribution >= 0.6 is 0 Å². The van der Waals surface area contributed by atoms with Crippen LogP contribution in [0.2, 0.25) is 0 Å². The van der Waals surface area contributed by atoms with E-state index in [1.54, 1.807) is 0 Å². The zero-order valence-electron chi connectivity index (χ0n) is 17.7. The molecule has 0 bridgehead atoms. The largest absolute Gasteiger partial charge is 0.394 e. The highest BCUT2D eigenvalue weighted by molar-refractivity contribution is 5.56. The van der Waals surface area contributed by atoms with Crippen molar-refractivity contribution in [3.63, 3.8) is 0 Å². The van der Waals surface area contributed by atoms with Crippen molar-refractivity contribution in [1.29, 1.82) is 0 Å². The lowest BCUT2D eigenvalue weighted by molar-refractivity contribution is -0.367. The third-order valence-electron chi connectivity index (χ3n) is 5.64. The number of ether oxygens (including phenoxy) is 4. The average Bonchev–Trinajstić information content (AvgIpc) is 2.84. The SMILES string of the molecule is O=C[C@H](O)[C@@H](O)[C@H](OC1O[C@H](CO)[C@H](OC2O[C@H](CO)[C@H](O)[C@H](O)[C@H]2O)[C@H](O)[C@H]1O)[C@H](O)CO. The Kier molecular flexibility index (Phi) is 11.1. The van der Waals surface area contributed by atoms with Crippen LogP contribution in [0.25, 0.3) is 0 Å². The monoisotopic (exact) mass is 504 g/mol. The number of hydrogen-bond acceptors (Lipinski definition) is 16. The Balaban J connectivity index is 2.17. The number of rotatable bonds is 11. The van der Waals surface area contributed by atoms with Crippen LogP contribution in [0.3, 0.4) is 0 Å². The minimum atomic E-state index is -2.08. The van der Waals surface area contributed by atoms with Gasteiger partial charge in [0.1, 0.15) is 73.2 Å². The van der Waals surface area contributed by atoms with E-state index in [9.17, 15) is 55.9 Å². The van der Waals surface area contributed by atoms with Gasteiger partial charge in [-0.2, -0.15) is 0 Å². The molecule has 2 unspecified atom stereocenters. The molecule has 2 saturated heterocycles. The van der Waals surface area contributed by atoms with Gasteiger partial charge in [0.2, 0.25) is 0 Å². The lowest BCUT2D eigenvalue weighted by atomic mass is 9.96. The molecule has 0 saturated carbocycles. The van der Waals surface area contributed by atoms with Gasteiger partial charge < -0.3 is 79.9 Å². The van der Waals surface area contributed by atoms with E-state index in [0.717, 1.165) is 0 Å². The summed E-state index contributed by atoms with van der Waals surface area (Å²) in [6.07, 6.45) is -25.4. The Morgan fingerprint density at radius 3 is 1.85 bits per heavy atom. The van der Waals surface area contributed by atoms with Crippen molar-refractivity contribution in [2.75, 3.05) is 19.8 Å². The van der Waals surface area contributed by atoms with Crippen LogP contribution in [0, 0.1) is 0 Å². The van der Waals surface area contributed by atoms with Gasteiger partial charge in [0.05, 0.1) is 19.8 Å². The van der Waals surface area contributed by atoms with Gasteiger partial charge in [-0.15, -0.1) is 0 Å². The van der Waals surface area contributed by atoms with E-state index in [0.29, 0.717) is 0 Å². The van der Waals surface area contributed by atoms with Crippen LogP contribution in [0.5, 0.6) is 0 Å². The Hall–Kier alpha value is -0.930. The highest BCUT2D eigenvalue weighted by Crippen LogP contribution is 2.30. The van der Waals surface area contributed by atoms with Crippen molar-refractivity contribution in [3.05, 3.63) is 0 Å². The van der Waals surface area contributed by atoms with Crippen molar-refractivity contribution in [3.8, 4) is 0 Å². The van der Waals surface area contributed by atoms with Gasteiger partial charge in [0.25, 0.3) is 0 Å². The highest BCUT2D eigenvalue weighted by atomic mass is 16.7. The zero-order chi connectivity index (χ0) is 25.7. The van der Waals surface area contributed by atoms with Gasteiger partial charge >= 0.3 is 0 Å². The first-order chi connectivity index (χ1) is 16.0. The molecule has 0 radical (unpaired) electrons. The van der Waals surface area contributed by atoms with Gasteiger partial charge in [-0.25, -0.2) is 0 Å². The Labute approximate surface area is 192 Å². The topological polar surface area (TPSA) is 277 Å². The summed E-state index contributed by atoms with van der Waals surface area (Å²) in [5.41, 5.74) is 0. The molecule has 0 aliphatic carbocycles. The summed E-state index contributed by atoms with van der Waals surface area (Å²) in [6.45, 7) is -2.64. The lowest BCUT2D eigenvalue weighted by Crippen LogP contribution is -2.65. The van der Waals surface area contributed by atoms with Crippen LogP contribution in [0.1, 0.15) is 0 Å². The van der Waals surface area contributed by atoms with Crippen molar-refractivity contribution < 1.29 is 79.9 Å². The molecule has 2 fully saturated rings. The smallest absolute Gasteiger partial charge is 0.187 e. The number of aliphatic hydroxyl groups is 11. The van der Waals surface area contributed by atoms with Crippen molar-refractivity contribution in [1.82, 2.24) is 0 Å². The summed E-state index contributed by atoms with van der Waals surface area (Å²) in [4.78, 5) is 10.8. The van der Waals surface area contributed by atoms with E-state index >= 15 is 0 Å². The minimum Gasteiger partial charge on any atom is -0.394 e. The maximum Gasteiger partial charge on any atom is 0.187 e. The van der Waals surface area contributed by atoms with Gasteiger partial charge in [-0.1, -0.05) is 0 Å². The zero-order valence-corrected chi connectivity index (χ0v) is 17.7. The quantitative estimate of drug-likeness (QED) is 0.117. The van der Waals surface area contributed by atoms with Gasteiger partial charge in [-0.3, -0.25) is 0 Å². The van der Waals surface area contributed by atoms with E-state index in [1.807, 2.05) is 0 Å². The first kappa shape index (κ1) is 29.3. The fourth-order valence-corrected chi connectivity index (χ4v) is 3.60. The van der Waals surface area contributed by atoms with Gasteiger partial charge in [0.15, 0.2) is 18.9 Å². The lowest BCUT2D eigenvalue weighted by Gasteiger charge is -2.46. The second-order valence-corrected chi connectivity index (χ2v) is 7.97. The molecule has 0 amide bonds. The predicted octanol–water partition coefficient (Wildman–Crippen LogP) is -7.73. The first-order valence-corrected chi connectivity index (χ1v) is 10.4. The average molecular weight is 504 g/mol. The molecule has 2 aliphatic rings. The van der Waals surface area contributed by atoms with E-state index < -0.39 is 106 Å². The molecule has 2 heterocycles. The summed E-state index contributed by atoms with van der Waals surface area (Å²) in [7, 11) is 0. The van der Waals surface area contributed by atoms with E-state index in [4.69, 9.17) is 24.1 Å². The van der Waals surface area contributed by atoms with Crippen LogP contribution in [-0.2, 0) is 23.7 Å². The van der Waals surface area contributed by atoms with Crippen LogP contribution in [-0.4, -0.2) is 168 Å². The molecule has 0 aromatic rings. The second kappa shape index (κ2) is 12.9. The summed E-state index contributed by atoms with van der Waals surface area (Å²) >= 11 is 0. The molecule has 0 spiro atoms. The number of hydrogen-bond donors (Lipinski definition) is 11. The second-order valence-electron chi connectivity index (χ2n) is 7.97. The van der Waals surface area contributed by atoms with Crippen LogP contribution in [0.15, 0.2) is 0 Å². The van der Waals surface area contributed by atoms with Crippen LogP contribution < -0.4 is 0 Å². The van der Waals surface area contributed by atoms with E-state index in [1.165, 1.54) is 0 Å². The molecule has 34 heavy (non-hydrogen) atoms. The number of aliphatic hydroxyl groups excluding tert-OH is 11. The molecule has 2 aliphatic heterocycles. The van der Waals surface area contributed by atoms with Gasteiger partial charge in [0, 0.05) is 0 Å². The standard InChI is InChI=1S/C18H32O16/c19-1-5(23)9(25)15(6(24)2-20)33-18-14(30)12(28)16(8(4-22)32-18)34-17-13(29)11(27)10(26)7(3-21)31-17/h1,5-18,20-30H,2-4H2/t5-,6+,7+,8+,9+,10-,11-,12+,13+,14+,15+,16-,17?,18?/m0/s1. The van der Waals surface area contributed by atoms with Crippen molar-refractivity contribution in [2.45, 2.75) is 85.8 Å². The fraction of sp³-hybridized carbons (Fsp3) is 0.944. The predicted molar refractivity (Wildman–Crippen MR) is 102 cm³/mol. The highest BCUT2D eigenvalue weighted by Gasteiger charge is 2.51. The normalized spacial score (nSPS) is 42.6. The molecular weight excluding hydrogens is 472 g/mol. The number of carbonyl (C=O) groups excluding carboxylic acids is 1. The molecule has 16 nitrogen and oxygen atoms in total. The maximum atomic E-state index is 10.8. The molecular formula is C18H32O16. The Morgan fingerprint density at radius 1 is 0.765 bits per heavy atom. The van der Waals surface area contributed by atoms with E-state index in [-0.39, 0.29) is 6.29 Å². The summed E-state index contributed by atoms with van der Waals surface area (Å²) in [6, 6.07) is 0. The molecule has 0 aromatic carbocycles. The van der Waals surface area contributed by atoms with Gasteiger partial charge in [-0.05, 0) is 0 Å². The van der Waals surface area contributed by atoms with Crippen LogP contribution in [0.4, 0.5) is 0 Å². The fourth-order valence-electron chi connectivity index (χ4n) is 3.60. The maximum absolute atomic E-state index is 10.8. The molecule has 11 N–H and O–H groups in total. The Morgan fingerprint density at radius 2 is 1.32 bits per heavy atom. The Bertz CT molecular complexity index is 621. The molecule has 16 heteroatoms. The van der Waals surface area contributed by atoms with E-state index in [2.05, 4.69) is 0 Å². The molecule has 14 atom stereocenters. The first-order valence-electron chi connectivity index (χ1n) is 10.4. The van der Waals surface area contributed by atoms with Crippen molar-refractivity contribution >= 4 is 6.29 Å². The van der Waals surface area contributed by atoms with Crippen molar-refractivity contribution in [2.24, 2.45) is 0 Å². The molecule has 0 aromatic heterocycles. The number of carbonyl (C=O) groups is 1. The minimum absolute atomic E-state index is 0.0704. The molecule has 2 rings (SSSR count). The summed E-state index contributed by atoms with van der Waals surface area (Å²) < 4.78 is 21.1. The number of aldehydes is 1. The molecule has 200 valence electrons. The summed E-state index contributed by atoms with van der Waals surface area (Å²) in [5, 5.41) is 108. The third-order valence-corrected chi connectivity index (χ3v) is 5.64.